The molecule has 3 rings (SSSR count). The van der Waals surface area contributed by atoms with Crippen LogP contribution in [0.25, 0.3) is 5.69 Å². The molecule has 1 aromatic carbocycles. The Morgan fingerprint density at radius 1 is 1.19 bits per heavy atom. The number of rotatable bonds is 5. The summed E-state index contributed by atoms with van der Waals surface area (Å²) in [6.45, 7) is 5.70. The first-order valence-electron chi connectivity index (χ1n) is 8.19. The Hall–Kier alpha value is -2.93. The van der Waals surface area contributed by atoms with Crippen molar-refractivity contribution in [1.29, 1.82) is 0 Å². The highest BCUT2D eigenvalue weighted by Gasteiger charge is 2.17. The topological polar surface area (TPSA) is 84.7 Å². The lowest BCUT2D eigenvalue weighted by Crippen LogP contribution is -2.31. The number of nitrogens with zero attached hydrogens (tertiary/aromatic N) is 4. The molecule has 0 unspecified atom stereocenters. The van der Waals surface area contributed by atoms with Crippen molar-refractivity contribution in [2.45, 2.75) is 27.2 Å². The average Bonchev–Trinajstić information content (AvgIpc) is 3.03. The number of carbonyl (C=O) groups excluding carboxylic acids is 1. The quantitative estimate of drug-likeness (QED) is 0.673. The normalized spacial score (nSPS) is 10.6. The Balaban J connectivity index is 1.81. The molecule has 0 bridgehead atoms. The van der Waals surface area contributed by atoms with Crippen LogP contribution in [-0.2, 0) is 6.42 Å². The molecular formula is C18H19ClN6O. The smallest absolute Gasteiger partial charge is 0.267 e. The first kappa shape index (κ1) is 17.9. The molecule has 0 saturated carbocycles. The van der Waals surface area contributed by atoms with Crippen molar-refractivity contribution >= 4 is 23.5 Å². The van der Waals surface area contributed by atoms with Crippen molar-refractivity contribution in [1.82, 2.24) is 25.2 Å². The van der Waals surface area contributed by atoms with Gasteiger partial charge in [0.05, 0.1) is 23.1 Å². The molecule has 0 fully saturated rings. The van der Waals surface area contributed by atoms with Gasteiger partial charge in [-0.15, -0.1) is 0 Å². The molecule has 8 heteroatoms. The predicted octanol–water partition coefficient (Wildman–Crippen LogP) is 3.25. The molecule has 0 aliphatic rings. The van der Waals surface area contributed by atoms with Gasteiger partial charge in [-0.25, -0.2) is 14.6 Å². The highest BCUT2D eigenvalue weighted by atomic mass is 35.5. The summed E-state index contributed by atoms with van der Waals surface area (Å²) in [7, 11) is 0. The van der Waals surface area contributed by atoms with Gasteiger partial charge in [0, 0.05) is 16.4 Å². The number of anilines is 1. The number of aryl methyl sites for hydroxylation is 2. The number of hydrogen-bond acceptors (Lipinski definition) is 5. The number of benzene rings is 1. The third-order valence-electron chi connectivity index (χ3n) is 3.77. The highest BCUT2D eigenvalue weighted by Crippen LogP contribution is 2.19. The number of carbonyl (C=O) groups is 1. The number of hydrogen-bond donors (Lipinski definition) is 2. The summed E-state index contributed by atoms with van der Waals surface area (Å²) in [5.41, 5.74) is 9.08. The third kappa shape index (κ3) is 3.83. The summed E-state index contributed by atoms with van der Waals surface area (Å²) in [5.74, 6) is 0.0361. The van der Waals surface area contributed by atoms with Gasteiger partial charge in [-0.1, -0.05) is 24.6 Å². The van der Waals surface area contributed by atoms with Crippen LogP contribution in [0.4, 0.5) is 5.95 Å². The van der Waals surface area contributed by atoms with E-state index in [1.165, 1.54) is 0 Å². The van der Waals surface area contributed by atoms with Crippen molar-refractivity contribution in [2.24, 2.45) is 0 Å². The van der Waals surface area contributed by atoms with E-state index in [9.17, 15) is 4.79 Å². The minimum atomic E-state index is -0.308. The Morgan fingerprint density at radius 3 is 2.58 bits per heavy atom. The van der Waals surface area contributed by atoms with E-state index in [2.05, 4.69) is 25.9 Å². The lowest BCUT2D eigenvalue weighted by molar-refractivity contribution is 0.0961. The van der Waals surface area contributed by atoms with E-state index in [4.69, 9.17) is 11.6 Å². The van der Waals surface area contributed by atoms with Crippen molar-refractivity contribution in [3.05, 3.63) is 64.2 Å². The van der Waals surface area contributed by atoms with Gasteiger partial charge in [-0.05, 0) is 44.5 Å². The van der Waals surface area contributed by atoms with Gasteiger partial charge in [0.25, 0.3) is 5.91 Å². The molecule has 26 heavy (non-hydrogen) atoms. The molecule has 1 amide bonds. The second kappa shape index (κ2) is 7.53. The zero-order valence-electron chi connectivity index (χ0n) is 14.7. The minimum absolute atomic E-state index is 0.308. The van der Waals surface area contributed by atoms with Gasteiger partial charge in [-0.3, -0.25) is 15.6 Å². The summed E-state index contributed by atoms with van der Waals surface area (Å²) in [4.78, 5) is 21.0. The fourth-order valence-electron chi connectivity index (χ4n) is 2.70. The maximum Gasteiger partial charge on any atom is 0.273 e. The fourth-order valence-corrected chi connectivity index (χ4v) is 2.88. The molecular weight excluding hydrogens is 352 g/mol. The van der Waals surface area contributed by atoms with E-state index in [0.29, 0.717) is 23.0 Å². The third-order valence-corrected chi connectivity index (χ3v) is 4.01. The Labute approximate surface area is 156 Å². The van der Waals surface area contributed by atoms with Crippen LogP contribution in [-0.4, -0.2) is 25.7 Å². The molecule has 2 aromatic heterocycles. The van der Waals surface area contributed by atoms with Crippen LogP contribution < -0.4 is 10.9 Å². The zero-order chi connectivity index (χ0) is 18.7. The van der Waals surface area contributed by atoms with Crippen LogP contribution in [0.2, 0.25) is 5.02 Å². The van der Waals surface area contributed by atoms with Gasteiger partial charge in [-0.2, -0.15) is 5.10 Å². The highest BCUT2D eigenvalue weighted by molar-refractivity contribution is 6.30. The van der Waals surface area contributed by atoms with Gasteiger partial charge in [0.1, 0.15) is 0 Å². The van der Waals surface area contributed by atoms with E-state index in [1.54, 1.807) is 23.0 Å². The molecule has 0 radical (unpaired) electrons. The average molecular weight is 371 g/mol. The van der Waals surface area contributed by atoms with E-state index < -0.39 is 0 Å². The van der Waals surface area contributed by atoms with Crippen LogP contribution in [0.1, 0.15) is 34.4 Å². The first-order valence-corrected chi connectivity index (χ1v) is 8.57. The van der Waals surface area contributed by atoms with Gasteiger partial charge >= 0.3 is 0 Å². The molecule has 0 atom stereocenters. The SMILES string of the molecule is CCc1c(C(=O)NNc2nc(C)cc(C)n2)cnn1-c1cccc(Cl)c1. The summed E-state index contributed by atoms with van der Waals surface area (Å²) in [6.07, 6.45) is 2.18. The number of hydrazine groups is 1. The van der Waals surface area contributed by atoms with Crippen LogP contribution in [0.15, 0.2) is 36.5 Å². The van der Waals surface area contributed by atoms with E-state index in [0.717, 1.165) is 22.8 Å². The number of halogens is 1. The van der Waals surface area contributed by atoms with E-state index in [-0.39, 0.29) is 5.91 Å². The lowest BCUT2D eigenvalue weighted by atomic mass is 10.2. The van der Waals surface area contributed by atoms with E-state index >= 15 is 0 Å². The van der Waals surface area contributed by atoms with Gasteiger partial charge < -0.3 is 0 Å². The monoisotopic (exact) mass is 370 g/mol. The standard InChI is InChI=1S/C18H19ClN6O/c1-4-16-15(10-20-25(16)14-7-5-6-13(19)9-14)17(26)23-24-18-21-11(2)8-12(3)22-18/h5-10H,4H2,1-3H3,(H,23,26)(H,21,22,24). The molecule has 0 aliphatic heterocycles. The predicted molar refractivity (Wildman–Crippen MR) is 101 cm³/mol. The van der Waals surface area contributed by atoms with Crippen LogP contribution in [0.5, 0.6) is 0 Å². The Kier molecular flexibility index (Phi) is 5.18. The van der Waals surface area contributed by atoms with Crippen LogP contribution in [0, 0.1) is 13.8 Å². The number of aromatic nitrogens is 4. The molecule has 7 nitrogen and oxygen atoms in total. The maximum absolute atomic E-state index is 12.6. The van der Waals surface area contributed by atoms with Gasteiger partial charge in [0.15, 0.2) is 0 Å². The molecule has 0 saturated heterocycles. The Morgan fingerprint density at radius 2 is 1.92 bits per heavy atom. The number of nitrogens with one attached hydrogen (secondary N) is 2. The van der Waals surface area contributed by atoms with Crippen molar-refractivity contribution in [3.63, 3.8) is 0 Å². The molecule has 134 valence electrons. The minimum Gasteiger partial charge on any atom is -0.267 e. The second-order valence-corrected chi connectivity index (χ2v) is 6.24. The molecule has 0 aliphatic carbocycles. The maximum atomic E-state index is 12.6. The largest absolute Gasteiger partial charge is 0.273 e. The summed E-state index contributed by atoms with van der Waals surface area (Å²) in [6, 6.07) is 9.19. The molecule has 2 heterocycles. The lowest BCUT2D eigenvalue weighted by Gasteiger charge is -2.10. The van der Waals surface area contributed by atoms with Crippen LogP contribution in [0.3, 0.4) is 0 Å². The molecule has 0 spiro atoms. The second-order valence-electron chi connectivity index (χ2n) is 5.80. The molecule has 3 aromatic rings. The van der Waals surface area contributed by atoms with E-state index in [1.807, 2.05) is 39.0 Å². The summed E-state index contributed by atoms with van der Waals surface area (Å²) in [5, 5.41) is 4.95. The van der Waals surface area contributed by atoms with Gasteiger partial charge in [0.2, 0.25) is 5.95 Å². The summed E-state index contributed by atoms with van der Waals surface area (Å²) >= 11 is 6.06. The van der Waals surface area contributed by atoms with Crippen molar-refractivity contribution < 1.29 is 4.79 Å². The number of amides is 1. The summed E-state index contributed by atoms with van der Waals surface area (Å²) < 4.78 is 1.72. The van der Waals surface area contributed by atoms with Crippen LogP contribution >= 0.6 is 11.6 Å². The first-order chi connectivity index (χ1) is 12.5. The molecule has 2 N–H and O–H groups in total. The van der Waals surface area contributed by atoms with Crippen molar-refractivity contribution in [3.8, 4) is 5.69 Å². The zero-order valence-corrected chi connectivity index (χ0v) is 15.5. The van der Waals surface area contributed by atoms with Crippen molar-refractivity contribution in [2.75, 3.05) is 5.43 Å². The fraction of sp³-hybridized carbons (Fsp3) is 0.222. The Bertz CT molecular complexity index is 932.